The molecule has 3 atom stereocenters. The van der Waals surface area contributed by atoms with Crippen molar-refractivity contribution in [2.45, 2.75) is 26.0 Å². The van der Waals surface area contributed by atoms with Crippen LogP contribution in [0.25, 0.3) is 0 Å². The molecule has 35 heavy (non-hydrogen) atoms. The Hall–Kier alpha value is -4.06. The van der Waals surface area contributed by atoms with Gasteiger partial charge in [-0.05, 0) is 47.7 Å². The summed E-state index contributed by atoms with van der Waals surface area (Å²) >= 11 is 0. The number of nitrogens with one attached hydrogen (secondary N) is 2. The highest BCUT2D eigenvalue weighted by atomic mass is 16.5. The summed E-state index contributed by atoms with van der Waals surface area (Å²) in [4.78, 5) is 26.3. The molecular weight excluding hydrogens is 440 g/mol. The molecule has 0 saturated carbocycles. The van der Waals surface area contributed by atoms with E-state index in [1.54, 1.807) is 0 Å². The smallest absolute Gasteiger partial charge is 0.316 e. The summed E-state index contributed by atoms with van der Waals surface area (Å²) in [5.74, 6) is -0.994. The van der Waals surface area contributed by atoms with Crippen molar-refractivity contribution < 1.29 is 19.1 Å². The SMILES string of the molecule is COC(=O)[C@@H]1C(=O)C2=C(C[C@H]1C)Nc1ccccc1N[C@H]2c1cccc(OCc2ccccc2)c1. The van der Waals surface area contributed by atoms with Gasteiger partial charge in [0.1, 0.15) is 18.3 Å². The molecule has 0 spiro atoms. The number of benzene rings is 3. The number of rotatable bonds is 5. The Kier molecular flexibility index (Phi) is 6.27. The number of hydrogen-bond donors (Lipinski definition) is 2. The van der Waals surface area contributed by atoms with Gasteiger partial charge in [0.25, 0.3) is 0 Å². The van der Waals surface area contributed by atoms with Gasteiger partial charge in [0.05, 0.1) is 24.5 Å². The zero-order valence-electron chi connectivity index (χ0n) is 19.8. The molecule has 1 aliphatic heterocycles. The molecule has 0 bridgehead atoms. The van der Waals surface area contributed by atoms with Crippen molar-refractivity contribution in [1.82, 2.24) is 0 Å². The molecule has 6 nitrogen and oxygen atoms in total. The third-order valence-electron chi connectivity index (χ3n) is 6.66. The summed E-state index contributed by atoms with van der Waals surface area (Å²) in [6, 6.07) is 25.2. The number of fused-ring (bicyclic) bond motifs is 1. The van der Waals surface area contributed by atoms with Crippen LogP contribution in [-0.2, 0) is 20.9 Å². The van der Waals surface area contributed by atoms with Crippen molar-refractivity contribution in [3.05, 3.63) is 101 Å². The lowest BCUT2D eigenvalue weighted by atomic mass is 9.75. The first-order valence-corrected chi connectivity index (χ1v) is 11.8. The Morgan fingerprint density at radius 3 is 2.49 bits per heavy atom. The molecular formula is C29H28N2O4. The summed E-state index contributed by atoms with van der Waals surface area (Å²) in [7, 11) is 1.33. The van der Waals surface area contributed by atoms with Gasteiger partial charge in [-0.2, -0.15) is 0 Å². The maximum Gasteiger partial charge on any atom is 0.316 e. The molecule has 178 valence electrons. The molecule has 0 radical (unpaired) electrons. The lowest BCUT2D eigenvalue weighted by molar-refractivity contribution is -0.151. The van der Waals surface area contributed by atoms with Crippen LogP contribution in [0, 0.1) is 11.8 Å². The van der Waals surface area contributed by atoms with Crippen LogP contribution < -0.4 is 15.4 Å². The fourth-order valence-electron chi connectivity index (χ4n) is 4.91. The van der Waals surface area contributed by atoms with E-state index >= 15 is 0 Å². The van der Waals surface area contributed by atoms with Gasteiger partial charge < -0.3 is 20.1 Å². The second-order valence-corrected chi connectivity index (χ2v) is 9.03. The summed E-state index contributed by atoms with van der Waals surface area (Å²) in [6.45, 7) is 2.36. The molecule has 0 saturated heterocycles. The van der Waals surface area contributed by atoms with Crippen LogP contribution in [0.3, 0.4) is 0 Å². The van der Waals surface area contributed by atoms with E-state index in [4.69, 9.17) is 9.47 Å². The van der Waals surface area contributed by atoms with Crippen molar-refractivity contribution in [2.75, 3.05) is 17.7 Å². The Bertz CT molecular complexity index is 1280. The highest BCUT2D eigenvalue weighted by molar-refractivity contribution is 6.11. The maximum absolute atomic E-state index is 13.8. The predicted molar refractivity (Wildman–Crippen MR) is 135 cm³/mol. The fraction of sp³-hybridized carbons (Fsp3) is 0.241. The van der Waals surface area contributed by atoms with Crippen LogP contribution >= 0.6 is 0 Å². The zero-order chi connectivity index (χ0) is 24.4. The van der Waals surface area contributed by atoms with Crippen LogP contribution in [0.2, 0.25) is 0 Å². The highest BCUT2D eigenvalue weighted by Crippen LogP contribution is 2.44. The van der Waals surface area contributed by atoms with E-state index in [1.165, 1.54) is 7.11 Å². The van der Waals surface area contributed by atoms with Crippen LogP contribution in [0.15, 0.2) is 90.1 Å². The molecule has 0 fully saturated rings. The molecule has 5 rings (SSSR count). The van der Waals surface area contributed by atoms with Gasteiger partial charge in [0.2, 0.25) is 0 Å². The lowest BCUT2D eigenvalue weighted by Crippen LogP contribution is -2.39. The number of para-hydroxylation sites is 2. The Balaban J connectivity index is 1.54. The van der Waals surface area contributed by atoms with E-state index in [9.17, 15) is 9.59 Å². The summed E-state index contributed by atoms with van der Waals surface area (Å²) in [6.07, 6.45) is 0.567. The number of carbonyl (C=O) groups excluding carboxylic acids is 2. The van der Waals surface area contributed by atoms with Gasteiger partial charge in [-0.25, -0.2) is 0 Å². The first-order valence-electron chi connectivity index (χ1n) is 11.8. The Labute approximate surface area is 205 Å². The number of methoxy groups -OCH3 is 1. The molecule has 3 aromatic rings. The molecule has 3 aromatic carbocycles. The van der Waals surface area contributed by atoms with Crippen molar-refractivity contribution in [2.24, 2.45) is 11.8 Å². The zero-order valence-corrected chi connectivity index (χ0v) is 19.8. The molecule has 6 heteroatoms. The molecule has 2 aliphatic rings. The van der Waals surface area contributed by atoms with E-state index in [0.29, 0.717) is 24.4 Å². The Morgan fingerprint density at radius 1 is 0.971 bits per heavy atom. The Morgan fingerprint density at radius 2 is 1.71 bits per heavy atom. The predicted octanol–water partition coefficient (Wildman–Crippen LogP) is 5.50. The van der Waals surface area contributed by atoms with Gasteiger partial charge >= 0.3 is 5.97 Å². The molecule has 1 aliphatic carbocycles. The number of allylic oxidation sites excluding steroid dienone is 1. The molecule has 0 aromatic heterocycles. The van der Waals surface area contributed by atoms with Gasteiger partial charge in [-0.15, -0.1) is 0 Å². The van der Waals surface area contributed by atoms with Gasteiger partial charge in [0.15, 0.2) is 5.78 Å². The van der Waals surface area contributed by atoms with Crippen molar-refractivity contribution in [3.8, 4) is 5.75 Å². The molecule has 1 heterocycles. The van der Waals surface area contributed by atoms with Gasteiger partial charge in [-0.1, -0.05) is 61.5 Å². The molecule has 0 unspecified atom stereocenters. The van der Waals surface area contributed by atoms with Crippen molar-refractivity contribution >= 4 is 23.1 Å². The normalized spacial score (nSPS) is 21.1. The van der Waals surface area contributed by atoms with Gasteiger partial charge in [-0.3, -0.25) is 9.59 Å². The average Bonchev–Trinajstić information content (AvgIpc) is 3.05. The van der Waals surface area contributed by atoms with Crippen LogP contribution in [-0.4, -0.2) is 18.9 Å². The van der Waals surface area contributed by atoms with E-state index in [2.05, 4.69) is 10.6 Å². The van der Waals surface area contributed by atoms with Crippen LogP contribution in [0.1, 0.15) is 30.5 Å². The average molecular weight is 469 g/mol. The van der Waals surface area contributed by atoms with E-state index in [0.717, 1.165) is 28.2 Å². The summed E-state index contributed by atoms with van der Waals surface area (Å²) in [5, 5.41) is 7.02. The standard InChI is InChI=1S/C29H28N2O4/c1-18-15-24-26(28(32)25(18)29(33)34-2)27(31-23-14-7-6-13-22(23)30-24)20-11-8-12-21(16-20)35-17-19-9-4-3-5-10-19/h3-14,16,18,25,27,30-31H,15,17H2,1-2H3/t18-,25+,27+/m1/s1. The first kappa shape index (κ1) is 22.7. The minimum atomic E-state index is -0.830. The minimum Gasteiger partial charge on any atom is -0.489 e. The first-order chi connectivity index (χ1) is 17.0. The number of ketones is 1. The number of carbonyl (C=O) groups is 2. The largest absolute Gasteiger partial charge is 0.489 e. The van der Waals surface area contributed by atoms with Gasteiger partial charge in [0, 0.05) is 11.3 Å². The van der Waals surface area contributed by atoms with Crippen molar-refractivity contribution in [3.63, 3.8) is 0 Å². The molecule has 0 amide bonds. The number of hydrogen-bond acceptors (Lipinski definition) is 6. The number of anilines is 2. The third-order valence-corrected chi connectivity index (χ3v) is 6.66. The van der Waals surface area contributed by atoms with Crippen LogP contribution in [0.5, 0.6) is 5.75 Å². The number of esters is 1. The third kappa shape index (κ3) is 4.52. The quantitative estimate of drug-likeness (QED) is 0.381. The van der Waals surface area contributed by atoms with E-state index < -0.39 is 17.9 Å². The topological polar surface area (TPSA) is 76.7 Å². The second-order valence-electron chi connectivity index (χ2n) is 9.03. The van der Waals surface area contributed by atoms with Crippen LogP contribution in [0.4, 0.5) is 11.4 Å². The fourth-order valence-corrected chi connectivity index (χ4v) is 4.91. The van der Waals surface area contributed by atoms with Crippen molar-refractivity contribution in [1.29, 1.82) is 0 Å². The summed E-state index contributed by atoms with van der Waals surface area (Å²) < 4.78 is 11.1. The number of ether oxygens (including phenoxy) is 2. The molecule has 2 N–H and O–H groups in total. The minimum absolute atomic E-state index is 0.173. The summed E-state index contributed by atoms with van der Waals surface area (Å²) in [5.41, 5.74) is 5.14. The van der Waals surface area contributed by atoms with E-state index in [1.807, 2.05) is 85.8 Å². The maximum atomic E-state index is 13.8. The highest BCUT2D eigenvalue weighted by Gasteiger charge is 2.44. The lowest BCUT2D eigenvalue weighted by Gasteiger charge is -2.32. The monoisotopic (exact) mass is 468 g/mol. The number of Topliss-reactive ketones (excluding diaryl/α,β-unsaturated/α-hetero) is 1. The van der Waals surface area contributed by atoms with E-state index in [-0.39, 0.29) is 11.7 Å². The second kappa shape index (κ2) is 9.66.